The molecule has 38 heavy (non-hydrogen) atoms. The molecule has 1 aliphatic carbocycles. The van der Waals surface area contributed by atoms with Crippen LogP contribution in [0.25, 0.3) is 0 Å². The summed E-state index contributed by atoms with van der Waals surface area (Å²) < 4.78 is 24.8. The molecule has 3 atom stereocenters. The molecule has 0 bridgehead atoms. The molecule has 0 radical (unpaired) electrons. The molecule has 5 rings (SSSR count). The maximum atomic E-state index is 13.8. The van der Waals surface area contributed by atoms with Gasteiger partial charge in [0.25, 0.3) is 5.91 Å². The molecule has 10 nitrogen and oxygen atoms in total. The monoisotopic (exact) mass is 524 g/mol. The van der Waals surface area contributed by atoms with Gasteiger partial charge in [0.15, 0.2) is 0 Å². The number of carbonyl (C=O) groups is 4. The quantitative estimate of drug-likeness (QED) is 0.619. The zero-order valence-corrected chi connectivity index (χ0v) is 21.4. The minimum absolute atomic E-state index is 0.150. The second-order valence-corrected chi connectivity index (χ2v) is 9.79. The van der Waals surface area contributed by atoms with E-state index < -0.39 is 35.9 Å². The summed E-state index contributed by atoms with van der Waals surface area (Å²) in [4.78, 5) is 54.2. The van der Waals surface area contributed by atoms with Gasteiger partial charge in [-0.3, -0.25) is 9.59 Å². The third kappa shape index (κ3) is 4.11. The number of halogens is 1. The van der Waals surface area contributed by atoms with Gasteiger partial charge in [-0.15, -0.1) is 0 Å². The highest BCUT2D eigenvalue weighted by Gasteiger charge is 2.58. The number of benzene rings is 2. The Hall–Kier alpha value is -4.15. The summed E-state index contributed by atoms with van der Waals surface area (Å²) in [6, 6.07) is 8.36. The summed E-state index contributed by atoms with van der Waals surface area (Å²) in [5.41, 5.74) is 1.06. The minimum atomic E-state index is -1.49. The molecule has 2 aromatic carbocycles. The van der Waals surface area contributed by atoms with Crippen molar-refractivity contribution in [2.45, 2.75) is 50.3 Å². The normalized spacial score (nSPS) is 24.0. The van der Waals surface area contributed by atoms with Gasteiger partial charge in [0.1, 0.15) is 18.1 Å². The van der Waals surface area contributed by atoms with Gasteiger partial charge in [0.05, 0.1) is 13.2 Å². The predicted molar refractivity (Wildman–Crippen MR) is 134 cm³/mol. The fraction of sp³-hybridized carbons (Fsp3) is 0.407. The van der Waals surface area contributed by atoms with E-state index in [2.05, 4.69) is 10.6 Å². The van der Waals surface area contributed by atoms with Gasteiger partial charge in [-0.05, 0) is 49.9 Å². The maximum absolute atomic E-state index is 13.8. The summed E-state index contributed by atoms with van der Waals surface area (Å²) in [5, 5.41) is 5.16. The molecule has 2 saturated heterocycles. The summed E-state index contributed by atoms with van der Waals surface area (Å²) in [5.74, 6) is -1.09. The minimum Gasteiger partial charge on any atom is -0.496 e. The average molecular weight is 525 g/mol. The van der Waals surface area contributed by atoms with E-state index in [0.29, 0.717) is 41.8 Å². The van der Waals surface area contributed by atoms with E-state index in [4.69, 9.17) is 9.47 Å². The van der Waals surface area contributed by atoms with E-state index in [0.717, 1.165) is 10.5 Å². The van der Waals surface area contributed by atoms with Crippen molar-refractivity contribution in [3.8, 4) is 5.75 Å². The molecule has 2 N–H and O–H groups in total. The maximum Gasteiger partial charge on any atom is 0.418 e. The van der Waals surface area contributed by atoms with Gasteiger partial charge in [-0.2, -0.15) is 0 Å². The first-order chi connectivity index (χ1) is 18.2. The van der Waals surface area contributed by atoms with E-state index in [1.54, 1.807) is 29.2 Å². The van der Waals surface area contributed by atoms with Crippen LogP contribution in [0.2, 0.25) is 0 Å². The van der Waals surface area contributed by atoms with Crippen LogP contribution in [0.15, 0.2) is 36.4 Å². The van der Waals surface area contributed by atoms with Crippen LogP contribution in [0.1, 0.15) is 48.9 Å². The first-order valence-electron chi connectivity index (χ1n) is 12.5. The molecule has 3 aliphatic rings. The average Bonchev–Trinajstić information content (AvgIpc) is 3.53. The van der Waals surface area contributed by atoms with Crippen molar-refractivity contribution in [3.63, 3.8) is 0 Å². The lowest BCUT2D eigenvalue weighted by molar-refractivity contribution is -0.143. The number of methoxy groups -OCH3 is 1. The number of ether oxygens (including phenoxy) is 2. The van der Waals surface area contributed by atoms with Crippen molar-refractivity contribution in [1.29, 1.82) is 0 Å². The summed E-state index contributed by atoms with van der Waals surface area (Å²) in [6.07, 6.45) is 1.19. The van der Waals surface area contributed by atoms with Crippen LogP contribution in [0.4, 0.5) is 19.7 Å². The number of amides is 5. The lowest BCUT2D eigenvalue weighted by atomic mass is 9.94. The van der Waals surface area contributed by atoms with Crippen molar-refractivity contribution < 1.29 is 33.0 Å². The van der Waals surface area contributed by atoms with Crippen LogP contribution in [0.5, 0.6) is 5.75 Å². The summed E-state index contributed by atoms with van der Waals surface area (Å²) in [7, 11) is 2.95. The van der Waals surface area contributed by atoms with Crippen molar-refractivity contribution in [2.24, 2.45) is 0 Å². The highest BCUT2D eigenvalue weighted by atomic mass is 19.1. The zero-order chi connectivity index (χ0) is 27.2. The molecule has 2 fully saturated rings. The topological polar surface area (TPSA) is 117 Å². The predicted octanol–water partition coefficient (Wildman–Crippen LogP) is 3.46. The molecular weight excluding hydrogens is 495 g/mol. The standard InChI is InChI=1S/C27H29FN4O6/c1-15-4-9-21(19-7-5-17(28)13-22(19)37-3)32(15)23(33)14-31-24(34)27(38-26(31)36)11-10-16-12-18(6-8-20(16)27)30-25(35)29-2/h5-8,12-13,15,21H,4,9-11,14H2,1-3H3,(H2,29,30,35). The van der Waals surface area contributed by atoms with E-state index in [9.17, 15) is 23.6 Å². The number of urea groups is 1. The molecule has 11 heteroatoms. The highest BCUT2D eigenvalue weighted by molar-refractivity contribution is 6.06. The first-order valence-corrected chi connectivity index (χ1v) is 12.5. The molecular formula is C27H29FN4O6. The summed E-state index contributed by atoms with van der Waals surface area (Å²) >= 11 is 0. The third-order valence-corrected chi connectivity index (χ3v) is 7.65. The molecule has 1 spiro atoms. The zero-order valence-electron chi connectivity index (χ0n) is 21.4. The molecule has 200 valence electrons. The van der Waals surface area contributed by atoms with Crippen LogP contribution < -0.4 is 15.4 Å². The highest BCUT2D eigenvalue weighted by Crippen LogP contribution is 2.46. The molecule has 5 amide bonds. The Bertz CT molecular complexity index is 1330. The second-order valence-electron chi connectivity index (χ2n) is 9.79. The number of rotatable bonds is 5. The molecule has 2 aromatic rings. The number of nitrogens with one attached hydrogen (secondary N) is 2. The fourth-order valence-corrected chi connectivity index (χ4v) is 5.81. The fourth-order valence-electron chi connectivity index (χ4n) is 5.81. The molecule has 3 unspecified atom stereocenters. The second kappa shape index (κ2) is 9.62. The van der Waals surface area contributed by atoms with Gasteiger partial charge in [-0.25, -0.2) is 18.9 Å². The number of likely N-dealkylation sites (tertiary alicyclic amines) is 1. The van der Waals surface area contributed by atoms with Gasteiger partial charge in [0.2, 0.25) is 11.5 Å². The number of fused-ring (bicyclic) bond motifs is 2. The molecule has 2 heterocycles. The number of hydrogen-bond donors (Lipinski definition) is 2. The number of carbonyl (C=O) groups excluding carboxylic acids is 4. The largest absolute Gasteiger partial charge is 0.496 e. The third-order valence-electron chi connectivity index (χ3n) is 7.65. The van der Waals surface area contributed by atoms with Gasteiger partial charge >= 0.3 is 12.1 Å². The van der Waals surface area contributed by atoms with Gasteiger partial charge < -0.3 is 25.0 Å². The Balaban J connectivity index is 1.37. The Labute approximate surface area is 219 Å². The molecule has 0 saturated carbocycles. The number of imide groups is 1. The van der Waals surface area contributed by atoms with Gasteiger partial charge in [-0.1, -0.05) is 12.1 Å². The van der Waals surface area contributed by atoms with Crippen molar-refractivity contribution >= 4 is 29.6 Å². The summed E-state index contributed by atoms with van der Waals surface area (Å²) in [6.45, 7) is 1.44. The Kier molecular flexibility index (Phi) is 6.46. The van der Waals surface area contributed by atoms with Crippen LogP contribution in [0, 0.1) is 5.82 Å². The number of anilines is 1. The first kappa shape index (κ1) is 25.5. The van der Waals surface area contributed by atoms with Crippen molar-refractivity contribution in [1.82, 2.24) is 15.1 Å². The molecule has 0 aromatic heterocycles. The number of aryl methyl sites for hydroxylation is 1. The van der Waals surface area contributed by atoms with Crippen LogP contribution in [-0.2, 0) is 26.3 Å². The number of nitrogens with zero attached hydrogens (tertiary/aromatic N) is 2. The lowest BCUT2D eigenvalue weighted by Crippen LogP contribution is -2.46. The molecule has 2 aliphatic heterocycles. The lowest BCUT2D eigenvalue weighted by Gasteiger charge is -2.31. The van der Waals surface area contributed by atoms with E-state index in [1.165, 1.54) is 26.3 Å². The van der Waals surface area contributed by atoms with Crippen LogP contribution in [0.3, 0.4) is 0 Å². The Morgan fingerprint density at radius 2 is 1.97 bits per heavy atom. The van der Waals surface area contributed by atoms with Crippen LogP contribution >= 0.6 is 0 Å². The Morgan fingerprint density at radius 1 is 1.18 bits per heavy atom. The smallest absolute Gasteiger partial charge is 0.418 e. The SMILES string of the molecule is CNC(=O)Nc1ccc2c(c1)CCC21OC(=O)N(CC(=O)N2C(C)CCC2c2ccc(F)cc2OC)C1=O. The van der Waals surface area contributed by atoms with E-state index in [1.807, 2.05) is 6.92 Å². The van der Waals surface area contributed by atoms with E-state index >= 15 is 0 Å². The van der Waals surface area contributed by atoms with Crippen molar-refractivity contribution in [3.05, 3.63) is 58.9 Å². The number of hydrogen-bond acceptors (Lipinski definition) is 6. The van der Waals surface area contributed by atoms with Crippen molar-refractivity contribution in [2.75, 3.05) is 26.0 Å². The Morgan fingerprint density at radius 3 is 2.71 bits per heavy atom. The van der Waals surface area contributed by atoms with E-state index in [-0.39, 0.29) is 24.5 Å². The van der Waals surface area contributed by atoms with Gasteiger partial charge in [0, 0.05) is 42.4 Å². The van der Waals surface area contributed by atoms with Crippen LogP contribution in [-0.4, -0.2) is 60.5 Å².